The first kappa shape index (κ1) is 11.4. The van der Waals surface area contributed by atoms with Crippen LogP contribution < -0.4 is 10.6 Å². The zero-order valence-corrected chi connectivity index (χ0v) is 9.89. The van der Waals surface area contributed by atoms with E-state index in [-0.39, 0.29) is 5.82 Å². The van der Waals surface area contributed by atoms with Gasteiger partial charge in [0.15, 0.2) is 0 Å². The van der Waals surface area contributed by atoms with Crippen molar-refractivity contribution in [1.29, 1.82) is 0 Å². The van der Waals surface area contributed by atoms with Crippen LogP contribution in [0.2, 0.25) is 0 Å². The van der Waals surface area contributed by atoms with Gasteiger partial charge in [-0.3, -0.25) is 0 Å². The van der Waals surface area contributed by atoms with Crippen LogP contribution in [-0.4, -0.2) is 13.1 Å². The molecule has 2 rings (SSSR count). The van der Waals surface area contributed by atoms with Gasteiger partial charge in [-0.05, 0) is 36.6 Å². The third-order valence-corrected chi connectivity index (χ3v) is 2.91. The molecule has 0 aromatic heterocycles. The molecular formula is C13H19FN2. The predicted molar refractivity (Wildman–Crippen MR) is 65.1 cm³/mol. The Labute approximate surface area is 96.2 Å². The Kier molecular flexibility index (Phi) is 3.44. The molecule has 3 heteroatoms. The molecule has 1 unspecified atom stereocenters. The van der Waals surface area contributed by atoms with E-state index in [2.05, 4.69) is 24.5 Å². The van der Waals surface area contributed by atoms with Crippen molar-refractivity contribution in [3.63, 3.8) is 0 Å². The van der Waals surface area contributed by atoms with E-state index in [1.165, 1.54) is 11.6 Å². The SMILES string of the molecule is CC(C)CNC1CCNc2cc(F)ccc21. The molecule has 2 N–H and O–H groups in total. The summed E-state index contributed by atoms with van der Waals surface area (Å²) in [5, 5.41) is 6.78. The Morgan fingerprint density at radius 3 is 3.06 bits per heavy atom. The van der Waals surface area contributed by atoms with Crippen LogP contribution in [0.15, 0.2) is 18.2 Å². The second-order valence-corrected chi connectivity index (χ2v) is 4.80. The normalized spacial score (nSPS) is 19.4. The van der Waals surface area contributed by atoms with Crippen molar-refractivity contribution < 1.29 is 4.39 Å². The zero-order chi connectivity index (χ0) is 11.5. The van der Waals surface area contributed by atoms with Crippen molar-refractivity contribution in [2.24, 2.45) is 5.92 Å². The average molecular weight is 222 g/mol. The molecule has 0 saturated carbocycles. The minimum absolute atomic E-state index is 0.171. The molecule has 0 spiro atoms. The summed E-state index contributed by atoms with van der Waals surface area (Å²) in [6.07, 6.45) is 1.06. The molecule has 16 heavy (non-hydrogen) atoms. The lowest BCUT2D eigenvalue weighted by Crippen LogP contribution is -2.30. The van der Waals surface area contributed by atoms with Crippen LogP contribution in [0.3, 0.4) is 0 Å². The summed E-state index contributed by atoms with van der Waals surface area (Å²) in [6.45, 7) is 6.30. The molecular weight excluding hydrogens is 203 g/mol. The van der Waals surface area contributed by atoms with Gasteiger partial charge in [-0.2, -0.15) is 0 Å². The third-order valence-electron chi connectivity index (χ3n) is 2.91. The second-order valence-electron chi connectivity index (χ2n) is 4.80. The van der Waals surface area contributed by atoms with Gasteiger partial charge in [0.05, 0.1) is 0 Å². The number of anilines is 1. The fourth-order valence-corrected chi connectivity index (χ4v) is 2.08. The molecule has 1 aromatic carbocycles. The summed E-state index contributed by atoms with van der Waals surface area (Å²) in [5.74, 6) is 0.467. The molecule has 0 amide bonds. The molecule has 0 fully saturated rings. The largest absolute Gasteiger partial charge is 0.385 e. The molecule has 0 saturated heterocycles. The van der Waals surface area contributed by atoms with E-state index < -0.39 is 0 Å². The highest BCUT2D eigenvalue weighted by molar-refractivity contribution is 5.54. The maximum absolute atomic E-state index is 13.1. The van der Waals surface area contributed by atoms with Gasteiger partial charge in [0.25, 0.3) is 0 Å². The quantitative estimate of drug-likeness (QED) is 0.821. The summed E-state index contributed by atoms with van der Waals surface area (Å²) in [6, 6.07) is 5.36. The van der Waals surface area contributed by atoms with Crippen molar-refractivity contribution in [1.82, 2.24) is 5.32 Å². The van der Waals surface area contributed by atoms with E-state index >= 15 is 0 Å². The average Bonchev–Trinajstić information content (AvgIpc) is 2.25. The Bertz CT molecular complexity index is 363. The van der Waals surface area contributed by atoms with E-state index in [0.29, 0.717) is 12.0 Å². The summed E-state index contributed by atoms with van der Waals surface area (Å²) in [5.41, 5.74) is 2.13. The maximum Gasteiger partial charge on any atom is 0.125 e. The Hall–Kier alpha value is -1.09. The number of halogens is 1. The highest BCUT2D eigenvalue weighted by Crippen LogP contribution is 2.30. The van der Waals surface area contributed by atoms with Crippen LogP contribution in [0.4, 0.5) is 10.1 Å². The Balaban J connectivity index is 2.13. The first-order valence-corrected chi connectivity index (χ1v) is 5.93. The van der Waals surface area contributed by atoms with E-state index in [0.717, 1.165) is 25.2 Å². The lowest BCUT2D eigenvalue weighted by molar-refractivity contribution is 0.453. The second kappa shape index (κ2) is 4.83. The standard InChI is InChI=1S/C13H19FN2/c1-9(2)8-16-12-5-6-15-13-7-10(14)3-4-11(12)13/h3-4,7,9,12,15-16H,5-6,8H2,1-2H3. The van der Waals surface area contributed by atoms with E-state index in [9.17, 15) is 4.39 Å². The summed E-state index contributed by atoms with van der Waals surface area (Å²) in [7, 11) is 0. The molecule has 0 bridgehead atoms. The molecule has 1 heterocycles. The van der Waals surface area contributed by atoms with E-state index in [4.69, 9.17) is 0 Å². The van der Waals surface area contributed by atoms with Crippen molar-refractivity contribution >= 4 is 5.69 Å². The number of rotatable bonds is 3. The van der Waals surface area contributed by atoms with Crippen LogP contribution in [0.25, 0.3) is 0 Å². The predicted octanol–water partition coefficient (Wildman–Crippen LogP) is 2.93. The molecule has 1 aliphatic rings. The smallest absolute Gasteiger partial charge is 0.125 e. The highest BCUT2D eigenvalue weighted by atomic mass is 19.1. The fourth-order valence-electron chi connectivity index (χ4n) is 2.08. The number of hydrogen-bond donors (Lipinski definition) is 2. The van der Waals surface area contributed by atoms with Crippen LogP contribution in [0, 0.1) is 11.7 Å². The van der Waals surface area contributed by atoms with Crippen molar-refractivity contribution in [3.8, 4) is 0 Å². The summed E-state index contributed by atoms with van der Waals surface area (Å²) < 4.78 is 13.1. The number of benzene rings is 1. The molecule has 0 aliphatic carbocycles. The van der Waals surface area contributed by atoms with Gasteiger partial charge < -0.3 is 10.6 Å². The van der Waals surface area contributed by atoms with E-state index in [1.807, 2.05) is 6.07 Å². The maximum atomic E-state index is 13.1. The molecule has 1 atom stereocenters. The fraction of sp³-hybridized carbons (Fsp3) is 0.538. The van der Waals surface area contributed by atoms with Gasteiger partial charge in [0, 0.05) is 18.3 Å². The van der Waals surface area contributed by atoms with Crippen LogP contribution in [0.5, 0.6) is 0 Å². The minimum atomic E-state index is -0.171. The molecule has 2 nitrogen and oxygen atoms in total. The molecule has 88 valence electrons. The van der Waals surface area contributed by atoms with Gasteiger partial charge in [-0.25, -0.2) is 4.39 Å². The van der Waals surface area contributed by atoms with Crippen LogP contribution in [0.1, 0.15) is 31.9 Å². The van der Waals surface area contributed by atoms with Gasteiger partial charge in [0.1, 0.15) is 5.82 Å². The summed E-state index contributed by atoms with van der Waals surface area (Å²) in [4.78, 5) is 0. The first-order valence-electron chi connectivity index (χ1n) is 5.93. The topological polar surface area (TPSA) is 24.1 Å². The van der Waals surface area contributed by atoms with Crippen LogP contribution >= 0.6 is 0 Å². The third kappa shape index (κ3) is 2.53. The van der Waals surface area contributed by atoms with Gasteiger partial charge in [0.2, 0.25) is 0 Å². The lowest BCUT2D eigenvalue weighted by atomic mass is 9.97. The Morgan fingerprint density at radius 2 is 2.31 bits per heavy atom. The molecule has 1 aliphatic heterocycles. The van der Waals surface area contributed by atoms with Crippen molar-refractivity contribution in [2.45, 2.75) is 26.3 Å². The Morgan fingerprint density at radius 1 is 1.50 bits per heavy atom. The van der Waals surface area contributed by atoms with Gasteiger partial charge >= 0.3 is 0 Å². The highest BCUT2D eigenvalue weighted by Gasteiger charge is 2.19. The van der Waals surface area contributed by atoms with Crippen molar-refractivity contribution in [3.05, 3.63) is 29.6 Å². The molecule has 0 radical (unpaired) electrons. The summed E-state index contributed by atoms with van der Waals surface area (Å²) >= 11 is 0. The van der Waals surface area contributed by atoms with Crippen molar-refractivity contribution in [2.75, 3.05) is 18.4 Å². The minimum Gasteiger partial charge on any atom is -0.385 e. The zero-order valence-electron chi connectivity index (χ0n) is 9.89. The number of nitrogens with one attached hydrogen (secondary N) is 2. The van der Waals surface area contributed by atoms with E-state index in [1.54, 1.807) is 6.07 Å². The lowest BCUT2D eigenvalue weighted by Gasteiger charge is -2.28. The number of fused-ring (bicyclic) bond motifs is 1. The molecule has 1 aromatic rings. The van der Waals surface area contributed by atoms with Gasteiger partial charge in [-0.1, -0.05) is 19.9 Å². The first-order chi connectivity index (χ1) is 7.66. The van der Waals surface area contributed by atoms with Crippen LogP contribution in [-0.2, 0) is 0 Å². The monoisotopic (exact) mass is 222 g/mol. The number of hydrogen-bond acceptors (Lipinski definition) is 2. The van der Waals surface area contributed by atoms with Gasteiger partial charge in [-0.15, -0.1) is 0 Å².